The molecule has 17 heavy (non-hydrogen) atoms. The Bertz CT molecular complexity index is 293. The van der Waals surface area contributed by atoms with E-state index in [2.05, 4.69) is 24.5 Å². The summed E-state index contributed by atoms with van der Waals surface area (Å²) in [6.07, 6.45) is 4.43. The number of carboxylic acid groups (broad SMARTS) is 1. The zero-order valence-electron chi connectivity index (χ0n) is 10.6. The lowest BCUT2D eigenvalue weighted by Gasteiger charge is -2.40. The molecule has 1 fully saturated rings. The maximum Gasteiger partial charge on any atom is 0.315 e. The van der Waals surface area contributed by atoms with Crippen molar-refractivity contribution >= 4 is 12.0 Å². The molecule has 5 nitrogen and oxygen atoms in total. The first kappa shape index (κ1) is 13.8. The second-order valence-electron chi connectivity index (χ2n) is 5.09. The van der Waals surface area contributed by atoms with Crippen molar-refractivity contribution in [1.82, 2.24) is 10.6 Å². The molecule has 0 aromatic heterocycles. The Morgan fingerprint density at radius 3 is 2.71 bits per heavy atom. The fourth-order valence-electron chi connectivity index (χ4n) is 2.28. The Balaban J connectivity index is 2.36. The molecule has 0 aromatic carbocycles. The summed E-state index contributed by atoms with van der Waals surface area (Å²) in [7, 11) is 0. The number of nitrogens with one attached hydrogen (secondary N) is 2. The van der Waals surface area contributed by atoms with E-state index < -0.39 is 5.97 Å². The molecule has 98 valence electrons. The summed E-state index contributed by atoms with van der Waals surface area (Å²) >= 11 is 0. The third-order valence-corrected chi connectivity index (χ3v) is 3.69. The second kappa shape index (κ2) is 5.89. The van der Waals surface area contributed by atoms with Crippen LogP contribution in [-0.4, -0.2) is 29.2 Å². The summed E-state index contributed by atoms with van der Waals surface area (Å²) in [6.45, 7) is 4.38. The monoisotopic (exact) mass is 242 g/mol. The number of aliphatic carboxylic acids is 1. The highest BCUT2D eigenvalue weighted by atomic mass is 16.4. The molecule has 1 rings (SSSR count). The van der Waals surface area contributed by atoms with Crippen LogP contribution in [0.5, 0.6) is 0 Å². The van der Waals surface area contributed by atoms with Gasteiger partial charge in [0.2, 0.25) is 0 Å². The van der Waals surface area contributed by atoms with Gasteiger partial charge in [0.25, 0.3) is 0 Å². The Morgan fingerprint density at radius 2 is 2.12 bits per heavy atom. The van der Waals surface area contributed by atoms with Crippen molar-refractivity contribution in [3.8, 4) is 0 Å². The Kier molecular flexibility index (Phi) is 4.78. The summed E-state index contributed by atoms with van der Waals surface area (Å²) in [5.41, 5.74) is -0.161. The lowest BCUT2D eigenvalue weighted by Crippen LogP contribution is -2.55. The van der Waals surface area contributed by atoms with E-state index in [4.69, 9.17) is 5.11 Å². The minimum absolute atomic E-state index is 0.0420. The summed E-state index contributed by atoms with van der Waals surface area (Å²) in [6, 6.07) is -0.262. The maximum atomic E-state index is 11.6. The minimum atomic E-state index is -0.900. The highest BCUT2D eigenvalue weighted by Crippen LogP contribution is 2.32. The van der Waals surface area contributed by atoms with Crippen LogP contribution in [0.25, 0.3) is 0 Å². The second-order valence-corrected chi connectivity index (χ2v) is 5.09. The largest absolute Gasteiger partial charge is 0.481 e. The van der Waals surface area contributed by atoms with E-state index in [9.17, 15) is 9.59 Å². The van der Waals surface area contributed by atoms with Gasteiger partial charge in [-0.05, 0) is 25.7 Å². The van der Waals surface area contributed by atoms with Gasteiger partial charge in [0, 0.05) is 12.1 Å². The molecule has 0 bridgehead atoms. The number of urea groups is 1. The van der Waals surface area contributed by atoms with Gasteiger partial charge < -0.3 is 15.7 Å². The van der Waals surface area contributed by atoms with Crippen molar-refractivity contribution in [1.29, 1.82) is 0 Å². The van der Waals surface area contributed by atoms with Gasteiger partial charge in [-0.1, -0.05) is 19.8 Å². The highest BCUT2D eigenvalue weighted by Gasteiger charge is 2.34. The highest BCUT2D eigenvalue weighted by molar-refractivity contribution is 5.75. The van der Waals surface area contributed by atoms with Gasteiger partial charge in [-0.15, -0.1) is 0 Å². The molecule has 0 saturated heterocycles. The first-order valence-corrected chi connectivity index (χ1v) is 6.22. The number of hydrogen-bond donors (Lipinski definition) is 3. The third-order valence-electron chi connectivity index (χ3n) is 3.69. The van der Waals surface area contributed by atoms with Gasteiger partial charge in [0.15, 0.2) is 0 Å². The van der Waals surface area contributed by atoms with Crippen LogP contribution in [0.15, 0.2) is 0 Å². The number of hydrogen-bond acceptors (Lipinski definition) is 2. The minimum Gasteiger partial charge on any atom is -0.481 e. The molecule has 0 heterocycles. The molecule has 2 unspecified atom stereocenters. The lowest BCUT2D eigenvalue weighted by atomic mass is 9.75. The summed E-state index contributed by atoms with van der Waals surface area (Å²) in [5.74, 6) is -0.441. The molecule has 2 atom stereocenters. The standard InChI is InChI=1S/C12H22N2O3/c1-9-5-3-4-7-12(9,2)14-11(17)13-8-6-10(15)16/h9H,3-8H2,1-2H3,(H,15,16)(H2,13,14,17). The number of carbonyl (C=O) groups is 2. The summed E-state index contributed by atoms with van der Waals surface area (Å²) < 4.78 is 0. The molecule has 0 aliphatic heterocycles. The summed E-state index contributed by atoms with van der Waals surface area (Å²) in [5, 5.41) is 14.0. The fraction of sp³-hybridized carbons (Fsp3) is 0.833. The molecular weight excluding hydrogens is 220 g/mol. The number of carboxylic acids is 1. The van der Waals surface area contributed by atoms with Crippen LogP contribution in [0.1, 0.15) is 46.0 Å². The SMILES string of the molecule is CC1CCCCC1(C)NC(=O)NCCC(=O)O. The number of carbonyl (C=O) groups excluding carboxylic acids is 1. The van der Waals surface area contributed by atoms with Crippen molar-refractivity contribution in [3.05, 3.63) is 0 Å². The van der Waals surface area contributed by atoms with E-state index in [0.29, 0.717) is 5.92 Å². The van der Waals surface area contributed by atoms with Crippen molar-refractivity contribution in [3.63, 3.8) is 0 Å². The van der Waals surface area contributed by atoms with Crippen LogP contribution in [0.4, 0.5) is 4.79 Å². The van der Waals surface area contributed by atoms with E-state index in [0.717, 1.165) is 19.3 Å². The molecule has 3 N–H and O–H groups in total. The van der Waals surface area contributed by atoms with E-state index in [1.54, 1.807) is 0 Å². The predicted octanol–water partition coefficient (Wildman–Crippen LogP) is 1.73. The number of rotatable bonds is 4. The van der Waals surface area contributed by atoms with Gasteiger partial charge in [0.1, 0.15) is 0 Å². The molecule has 1 saturated carbocycles. The van der Waals surface area contributed by atoms with Crippen LogP contribution in [-0.2, 0) is 4.79 Å². The predicted molar refractivity (Wildman–Crippen MR) is 64.8 cm³/mol. The molecular formula is C12H22N2O3. The van der Waals surface area contributed by atoms with Crippen molar-refractivity contribution in [2.75, 3.05) is 6.54 Å². The van der Waals surface area contributed by atoms with Crippen molar-refractivity contribution in [2.24, 2.45) is 5.92 Å². The zero-order chi connectivity index (χ0) is 12.9. The van der Waals surface area contributed by atoms with Crippen LogP contribution in [0.3, 0.4) is 0 Å². The van der Waals surface area contributed by atoms with Crippen LogP contribution >= 0.6 is 0 Å². The van der Waals surface area contributed by atoms with E-state index in [-0.39, 0.29) is 24.5 Å². The first-order chi connectivity index (χ1) is 7.94. The molecule has 1 aliphatic rings. The van der Waals surface area contributed by atoms with Gasteiger partial charge in [-0.3, -0.25) is 4.79 Å². The van der Waals surface area contributed by atoms with Gasteiger partial charge in [-0.2, -0.15) is 0 Å². The van der Waals surface area contributed by atoms with Crippen LogP contribution in [0.2, 0.25) is 0 Å². The van der Waals surface area contributed by atoms with E-state index >= 15 is 0 Å². The average Bonchev–Trinajstić information content (AvgIpc) is 2.22. The van der Waals surface area contributed by atoms with Crippen LogP contribution in [0, 0.1) is 5.92 Å². The maximum absolute atomic E-state index is 11.6. The first-order valence-electron chi connectivity index (χ1n) is 6.22. The Morgan fingerprint density at radius 1 is 1.41 bits per heavy atom. The molecule has 0 radical (unpaired) electrons. The average molecular weight is 242 g/mol. The molecule has 2 amide bonds. The lowest BCUT2D eigenvalue weighted by molar-refractivity contribution is -0.136. The van der Waals surface area contributed by atoms with Crippen molar-refractivity contribution in [2.45, 2.75) is 51.5 Å². The Labute approximate surface area is 102 Å². The normalized spacial score (nSPS) is 28.5. The topological polar surface area (TPSA) is 78.4 Å². The van der Waals surface area contributed by atoms with Gasteiger partial charge >= 0.3 is 12.0 Å². The number of amides is 2. The molecule has 1 aliphatic carbocycles. The quantitative estimate of drug-likeness (QED) is 0.702. The van der Waals surface area contributed by atoms with Crippen LogP contribution < -0.4 is 10.6 Å². The smallest absolute Gasteiger partial charge is 0.315 e. The van der Waals surface area contributed by atoms with Crippen molar-refractivity contribution < 1.29 is 14.7 Å². The fourth-order valence-corrected chi connectivity index (χ4v) is 2.28. The van der Waals surface area contributed by atoms with Gasteiger partial charge in [-0.25, -0.2) is 4.79 Å². The van der Waals surface area contributed by atoms with Gasteiger partial charge in [0.05, 0.1) is 6.42 Å². The molecule has 0 spiro atoms. The van der Waals surface area contributed by atoms with E-state index in [1.165, 1.54) is 6.42 Å². The van der Waals surface area contributed by atoms with E-state index in [1.807, 2.05) is 0 Å². The molecule has 5 heteroatoms. The summed E-state index contributed by atoms with van der Waals surface area (Å²) in [4.78, 5) is 21.9. The molecule has 0 aromatic rings. The Hall–Kier alpha value is -1.26. The zero-order valence-corrected chi connectivity index (χ0v) is 10.6. The third kappa shape index (κ3) is 4.24.